The van der Waals surface area contributed by atoms with Gasteiger partial charge in [-0.3, -0.25) is 15.2 Å². The molecule has 0 bridgehead atoms. The van der Waals surface area contributed by atoms with Crippen LogP contribution in [0.25, 0.3) is 0 Å². The largest absolute Gasteiger partial charge is 0.369 e. The molecule has 0 radical (unpaired) electrons. The van der Waals surface area contributed by atoms with E-state index in [1.165, 1.54) is 0 Å². The van der Waals surface area contributed by atoms with Gasteiger partial charge in [-0.05, 0) is 14.1 Å². The van der Waals surface area contributed by atoms with Gasteiger partial charge >= 0.3 is 0 Å². The molecule has 1 heterocycles. The fourth-order valence-electron chi connectivity index (χ4n) is 1.54. The topological polar surface area (TPSA) is 93.6 Å². The van der Waals surface area contributed by atoms with Gasteiger partial charge in [0.15, 0.2) is 6.19 Å². The van der Waals surface area contributed by atoms with E-state index in [1.54, 1.807) is 17.5 Å². The molecular formula is C12H21N7S. The van der Waals surface area contributed by atoms with Gasteiger partial charge in [-0.15, -0.1) is 11.3 Å². The minimum atomic E-state index is 0.161. The average molecular weight is 295 g/mol. The fraction of sp³-hybridized carbons (Fsp3) is 0.583. The molecule has 0 aliphatic rings. The second-order valence-electron chi connectivity index (χ2n) is 4.51. The zero-order valence-electron chi connectivity index (χ0n) is 11.9. The summed E-state index contributed by atoms with van der Waals surface area (Å²) in [7, 11) is 4.10. The van der Waals surface area contributed by atoms with Crippen LogP contribution < -0.4 is 11.1 Å². The monoisotopic (exact) mass is 295 g/mol. The highest BCUT2D eigenvalue weighted by Crippen LogP contribution is 2.07. The summed E-state index contributed by atoms with van der Waals surface area (Å²) in [6.07, 6.45) is 3.56. The Morgan fingerprint density at radius 2 is 2.30 bits per heavy atom. The summed E-state index contributed by atoms with van der Waals surface area (Å²) in [5.74, 6) is 0.161. The van der Waals surface area contributed by atoms with Crippen molar-refractivity contribution >= 4 is 17.3 Å². The SMILES string of the molecule is CN(C)CCN(CCN=C(N)NC#N)Cc1nccs1. The summed E-state index contributed by atoms with van der Waals surface area (Å²) < 4.78 is 0. The molecule has 0 spiro atoms. The van der Waals surface area contributed by atoms with Gasteiger partial charge < -0.3 is 10.6 Å². The highest BCUT2D eigenvalue weighted by Gasteiger charge is 2.08. The van der Waals surface area contributed by atoms with E-state index in [-0.39, 0.29) is 5.96 Å². The molecule has 7 nitrogen and oxygen atoms in total. The lowest BCUT2D eigenvalue weighted by atomic mass is 10.4. The van der Waals surface area contributed by atoms with Crippen LogP contribution in [-0.4, -0.2) is 61.0 Å². The standard InChI is InChI=1S/C12H21N7S/c1-18(2)6-7-19(9-11-15-4-8-20-11)5-3-16-12(14)17-10-13/h4,8H,3,5-7,9H2,1-2H3,(H3,14,16,17). The highest BCUT2D eigenvalue weighted by atomic mass is 32.1. The van der Waals surface area contributed by atoms with Crippen molar-refractivity contribution in [2.45, 2.75) is 6.54 Å². The van der Waals surface area contributed by atoms with Gasteiger partial charge in [0.1, 0.15) is 5.01 Å². The molecule has 0 amide bonds. The maximum Gasteiger partial charge on any atom is 0.202 e. The fourth-order valence-corrected chi connectivity index (χ4v) is 2.20. The number of aromatic nitrogens is 1. The molecule has 8 heteroatoms. The van der Waals surface area contributed by atoms with Crippen molar-refractivity contribution in [2.24, 2.45) is 10.7 Å². The maximum atomic E-state index is 8.42. The Morgan fingerprint density at radius 1 is 1.50 bits per heavy atom. The van der Waals surface area contributed by atoms with Gasteiger partial charge in [-0.25, -0.2) is 4.98 Å². The number of rotatable bonds is 8. The molecule has 110 valence electrons. The first-order valence-corrected chi connectivity index (χ1v) is 7.20. The smallest absolute Gasteiger partial charge is 0.202 e. The third-order valence-electron chi connectivity index (χ3n) is 2.59. The Kier molecular flexibility index (Phi) is 7.57. The molecule has 20 heavy (non-hydrogen) atoms. The molecule has 0 aromatic carbocycles. The number of nitriles is 1. The van der Waals surface area contributed by atoms with Gasteiger partial charge in [0.05, 0.1) is 13.1 Å². The minimum absolute atomic E-state index is 0.161. The number of nitrogens with two attached hydrogens (primary N) is 1. The second kappa shape index (κ2) is 9.25. The third kappa shape index (κ3) is 7.04. The molecule has 0 aliphatic carbocycles. The molecule has 1 aromatic rings. The number of aliphatic imine (C=N–C) groups is 1. The number of thiazole rings is 1. The first kappa shape index (κ1) is 16.4. The summed E-state index contributed by atoms with van der Waals surface area (Å²) >= 11 is 1.65. The normalized spacial score (nSPS) is 11.8. The van der Waals surface area contributed by atoms with Crippen molar-refractivity contribution in [3.63, 3.8) is 0 Å². The molecule has 3 N–H and O–H groups in total. The first-order valence-electron chi connectivity index (χ1n) is 6.32. The van der Waals surface area contributed by atoms with Crippen molar-refractivity contribution in [2.75, 3.05) is 40.3 Å². The van der Waals surface area contributed by atoms with Crippen LogP contribution in [0.1, 0.15) is 5.01 Å². The summed E-state index contributed by atoms with van der Waals surface area (Å²) in [5, 5.41) is 13.8. The number of likely N-dealkylation sites (N-methyl/N-ethyl adjacent to an activating group) is 1. The van der Waals surface area contributed by atoms with Crippen molar-refractivity contribution < 1.29 is 0 Å². The van der Waals surface area contributed by atoms with E-state index < -0.39 is 0 Å². The van der Waals surface area contributed by atoms with Crippen LogP contribution in [0.2, 0.25) is 0 Å². The van der Waals surface area contributed by atoms with Crippen LogP contribution in [0.3, 0.4) is 0 Å². The van der Waals surface area contributed by atoms with Crippen molar-refractivity contribution in [3.05, 3.63) is 16.6 Å². The van der Waals surface area contributed by atoms with E-state index in [4.69, 9.17) is 11.0 Å². The molecule has 0 atom stereocenters. The molecule has 0 aliphatic heterocycles. The van der Waals surface area contributed by atoms with E-state index in [1.807, 2.05) is 11.6 Å². The van der Waals surface area contributed by atoms with Crippen LogP contribution in [-0.2, 0) is 6.54 Å². The molecule has 1 aromatic heterocycles. The number of nitrogens with one attached hydrogen (secondary N) is 1. The third-order valence-corrected chi connectivity index (χ3v) is 3.35. The predicted octanol–water partition coefficient (Wildman–Crippen LogP) is -0.108. The van der Waals surface area contributed by atoms with Gasteiger partial charge in [0.25, 0.3) is 0 Å². The minimum Gasteiger partial charge on any atom is -0.369 e. The zero-order valence-corrected chi connectivity index (χ0v) is 12.7. The number of hydrogen-bond acceptors (Lipinski definition) is 6. The summed E-state index contributed by atoms with van der Waals surface area (Å²) in [6.45, 7) is 4.06. The first-order chi connectivity index (χ1) is 9.61. The predicted molar refractivity (Wildman–Crippen MR) is 81.2 cm³/mol. The number of hydrogen-bond donors (Lipinski definition) is 2. The van der Waals surface area contributed by atoms with Crippen LogP contribution in [0.15, 0.2) is 16.6 Å². The van der Waals surface area contributed by atoms with Gasteiger partial charge in [-0.2, -0.15) is 5.26 Å². The Morgan fingerprint density at radius 3 is 2.90 bits per heavy atom. The van der Waals surface area contributed by atoms with Gasteiger partial charge in [0.2, 0.25) is 5.96 Å². The Bertz CT molecular complexity index is 435. The Balaban J connectivity index is 2.45. The highest BCUT2D eigenvalue weighted by molar-refractivity contribution is 7.09. The molecular weight excluding hydrogens is 274 g/mol. The van der Waals surface area contributed by atoms with Crippen molar-refractivity contribution in [1.82, 2.24) is 20.1 Å². The second-order valence-corrected chi connectivity index (χ2v) is 5.49. The van der Waals surface area contributed by atoms with Crippen LogP contribution in [0, 0.1) is 11.5 Å². The maximum absolute atomic E-state index is 8.42. The number of nitrogens with zero attached hydrogens (tertiary/aromatic N) is 5. The summed E-state index contributed by atoms with van der Waals surface area (Å²) in [6, 6.07) is 0. The van der Waals surface area contributed by atoms with Crippen LogP contribution >= 0.6 is 11.3 Å². The zero-order chi connectivity index (χ0) is 14.8. The molecule has 0 fully saturated rings. The lowest BCUT2D eigenvalue weighted by Gasteiger charge is -2.22. The summed E-state index contributed by atoms with van der Waals surface area (Å²) in [4.78, 5) is 12.8. The molecule has 0 saturated heterocycles. The number of guanidine groups is 1. The molecule has 1 rings (SSSR count). The van der Waals surface area contributed by atoms with Crippen LogP contribution in [0.4, 0.5) is 0 Å². The van der Waals surface area contributed by atoms with E-state index >= 15 is 0 Å². The van der Waals surface area contributed by atoms with Crippen molar-refractivity contribution in [3.8, 4) is 6.19 Å². The average Bonchev–Trinajstić information content (AvgIpc) is 2.88. The molecule has 0 saturated carbocycles. The Hall–Kier alpha value is -1.69. The van der Waals surface area contributed by atoms with Crippen molar-refractivity contribution in [1.29, 1.82) is 5.26 Å². The lowest BCUT2D eigenvalue weighted by Crippen LogP contribution is -2.34. The van der Waals surface area contributed by atoms with E-state index in [9.17, 15) is 0 Å². The van der Waals surface area contributed by atoms with E-state index in [2.05, 4.69) is 39.2 Å². The van der Waals surface area contributed by atoms with Crippen LogP contribution in [0.5, 0.6) is 0 Å². The van der Waals surface area contributed by atoms with Gasteiger partial charge in [-0.1, -0.05) is 0 Å². The van der Waals surface area contributed by atoms with E-state index in [0.717, 1.165) is 31.2 Å². The summed E-state index contributed by atoms with van der Waals surface area (Å²) in [5.41, 5.74) is 5.51. The quantitative estimate of drug-likeness (QED) is 0.301. The lowest BCUT2D eigenvalue weighted by molar-refractivity contribution is 0.239. The Labute approximate surface area is 123 Å². The van der Waals surface area contributed by atoms with Gasteiger partial charge in [0, 0.05) is 31.2 Å². The van der Waals surface area contributed by atoms with E-state index in [0.29, 0.717) is 6.54 Å². The molecule has 0 unspecified atom stereocenters.